The highest BCUT2D eigenvalue weighted by atomic mass is 35.5. The lowest BCUT2D eigenvalue weighted by molar-refractivity contribution is 0.0999. The molecule has 1 heterocycles. The average Bonchev–Trinajstić information content (AvgIpc) is 2.14. The van der Waals surface area contributed by atoms with E-state index in [-0.39, 0.29) is 15.9 Å². The number of nitrogens with two attached hydrogens (primary N) is 1. The van der Waals surface area contributed by atoms with Crippen LogP contribution in [0.5, 0.6) is 0 Å². The van der Waals surface area contributed by atoms with Gasteiger partial charge in [0.15, 0.2) is 11.0 Å². The number of hydrogen-bond donors (Lipinski definition) is 1. The molecule has 0 aliphatic heterocycles. The van der Waals surface area contributed by atoms with Gasteiger partial charge in [-0.05, 0) is 6.07 Å². The summed E-state index contributed by atoms with van der Waals surface area (Å²) >= 11 is 10.7. The summed E-state index contributed by atoms with van der Waals surface area (Å²) in [5.41, 5.74) is 4.68. The SMILES string of the molecule is CC.NC(=O)c1cc(F)c(Cl)nc1Cl. The molecule has 0 radical (unpaired) electrons. The molecular weight excluding hydrogens is 230 g/mol. The molecule has 0 saturated carbocycles. The Bertz CT molecular complexity index is 344. The fourth-order valence-corrected chi connectivity index (χ4v) is 1.03. The van der Waals surface area contributed by atoms with E-state index in [1.165, 1.54) is 0 Å². The second-order valence-corrected chi connectivity index (χ2v) is 2.68. The van der Waals surface area contributed by atoms with Crippen LogP contribution < -0.4 is 5.73 Å². The van der Waals surface area contributed by atoms with Gasteiger partial charge in [0.1, 0.15) is 5.15 Å². The molecule has 2 N–H and O–H groups in total. The number of pyridine rings is 1. The number of carbonyl (C=O) groups is 1. The summed E-state index contributed by atoms with van der Waals surface area (Å²) in [6.07, 6.45) is 0. The fourth-order valence-electron chi connectivity index (χ4n) is 0.618. The summed E-state index contributed by atoms with van der Waals surface area (Å²) in [7, 11) is 0. The summed E-state index contributed by atoms with van der Waals surface area (Å²) in [6, 6.07) is 0.847. The third-order valence-electron chi connectivity index (χ3n) is 1.15. The van der Waals surface area contributed by atoms with Crippen LogP contribution in [0.4, 0.5) is 4.39 Å². The van der Waals surface area contributed by atoms with Crippen LogP contribution in [0, 0.1) is 5.82 Å². The molecule has 1 rings (SSSR count). The van der Waals surface area contributed by atoms with E-state index in [1.807, 2.05) is 13.8 Å². The maximum Gasteiger partial charge on any atom is 0.251 e. The quantitative estimate of drug-likeness (QED) is 0.766. The van der Waals surface area contributed by atoms with Crippen LogP contribution in [-0.4, -0.2) is 10.9 Å². The first kappa shape index (κ1) is 13.1. The molecule has 6 heteroatoms. The summed E-state index contributed by atoms with van der Waals surface area (Å²) in [5.74, 6) is -1.67. The molecule has 0 spiro atoms. The topological polar surface area (TPSA) is 56.0 Å². The summed E-state index contributed by atoms with van der Waals surface area (Å²) in [5, 5.41) is -0.584. The van der Waals surface area contributed by atoms with Gasteiger partial charge >= 0.3 is 0 Å². The minimum absolute atomic E-state index is 0.182. The molecule has 0 bridgehead atoms. The monoisotopic (exact) mass is 238 g/mol. The van der Waals surface area contributed by atoms with E-state index in [0.29, 0.717) is 0 Å². The Kier molecular flexibility index (Phi) is 5.42. The van der Waals surface area contributed by atoms with Gasteiger partial charge in [-0.25, -0.2) is 9.37 Å². The van der Waals surface area contributed by atoms with Crippen LogP contribution in [-0.2, 0) is 0 Å². The van der Waals surface area contributed by atoms with Crippen LogP contribution in [0.3, 0.4) is 0 Å². The molecule has 0 aromatic carbocycles. The van der Waals surface area contributed by atoms with E-state index in [2.05, 4.69) is 4.98 Å². The highest BCUT2D eigenvalue weighted by Gasteiger charge is 2.12. The Morgan fingerprint density at radius 2 is 1.93 bits per heavy atom. The van der Waals surface area contributed by atoms with E-state index in [9.17, 15) is 9.18 Å². The first-order valence-electron chi connectivity index (χ1n) is 3.83. The molecular formula is C8H9Cl2FN2O. The summed E-state index contributed by atoms with van der Waals surface area (Å²) in [6.45, 7) is 4.00. The molecule has 0 aliphatic carbocycles. The van der Waals surface area contributed by atoms with Crippen LogP contribution in [0.2, 0.25) is 10.3 Å². The number of carbonyl (C=O) groups excluding carboxylic acids is 1. The molecule has 1 aromatic rings. The lowest BCUT2D eigenvalue weighted by atomic mass is 10.3. The van der Waals surface area contributed by atoms with Crippen molar-refractivity contribution in [2.75, 3.05) is 0 Å². The van der Waals surface area contributed by atoms with Gasteiger partial charge in [0.25, 0.3) is 5.91 Å². The van der Waals surface area contributed by atoms with Crippen molar-refractivity contribution in [2.24, 2.45) is 5.73 Å². The third kappa shape index (κ3) is 3.12. The van der Waals surface area contributed by atoms with Gasteiger partial charge in [0, 0.05) is 0 Å². The van der Waals surface area contributed by atoms with Crippen LogP contribution >= 0.6 is 23.2 Å². The zero-order valence-corrected chi connectivity index (χ0v) is 9.16. The molecule has 0 atom stereocenters. The molecule has 0 unspecified atom stereocenters. The van der Waals surface area contributed by atoms with Gasteiger partial charge in [0.2, 0.25) is 0 Å². The van der Waals surface area contributed by atoms with Gasteiger partial charge in [-0.2, -0.15) is 0 Å². The van der Waals surface area contributed by atoms with Crippen molar-refractivity contribution in [3.63, 3.8) is 0 Å². The zero-order chi connectivity index (χ0) is 11.3. The van der Waals surface area contributed by atoms with Gasteiger partial charge in [0.05, 0.1) is 5.56 Å². The van der Waals surface area contributed by atoms with E-state index in [1.54, 1.807) is 0 Å². The van der Waals surface area contributed by atoms with Crippen molar-refractivity contribution in [3.8, 4) is 0 Å². The number of rotatable bonds is 1. The fraction of sp³-hybridized carbons (Fsp3) is 0.250. The number of aromatic nitrogens is 1. The third-order valence-corrected chi connectivity index (χ3v) is 1.71. The number of nitrogens with zero attached hydrogens (tertiary/aromatic N) is 1. The van der Waals surface area contributed by atoms with Crippen LogP contribution in [0.15, 0.2) is 6.07 Å². The zero-order valence-electron chi connectivity index (χ0n) is 7.64. The average molecular weight is 239 g/mol. The number of amides is 1. The molecule has 0 saturated heterocycles. The Hall–Kier alpha value is -0.870. The van der Waals surface area contributed by atoms with Gasteiger partial charge < -0.3 is 5.73 Å². The van der Waals surface area contributed by atoms with Crippen molar-refractivity contribution >= 4 is 29.1 Å². The molecule has 1 aromatic heterocycles. The molecule has 0 fully saturated rings. The minimum Gasteiger partial charge on any atom is -0.366 e. The maximum atomic E-state index is 12.7. The van der Waals surface area contributed by atoms with E-state index >= 15 is 0 Å². The largest absolute Gasteiger partial charge is 0.366 e. The Labute approximate surface area is 91.0 Å². The van der Waals surface area contributed by atoms with Gasteiger partial charge in [-0.15, -0.1) is 0 Å². The van der Waals surface area contributed by atoms with Crippen molar-refractivity contribution in [1.29, 1.82) is 0 Å². The molecule has 78 valence electrons. The Morgan fingerprint density at radius 1 is 1.43 bits per heavy atom. The molecule has 1 amide bonds. The highest BCUT2D eigenvalue weighted by Crippen LogP contribution is 2.19. The number of primary amides is 1. The first-order chi connectivity index (χ1) is 6.52. The maximum absolute atomic E-state index is 12.7. The van der Waals surface area contributed by atoms with E-state index in [4.69, 9.17) is 28.9 Å². The summed E-state index contributed by atoms with van der Waals surface area (Å²) in [4.78, 5) is 13.9. The second kappa shape index (κ2) is 5.78. The second-order valence-electron chi connectivity index (χ2n) is 1.96. The lowest BCUT2D eigenvalue weighted by Crippen LogP contribution is -2.12. The van der Waals surface area contributed by atoms with Crippen molar-refractivity contribution in [1.82, 2.24) is 4.98 Å². The standard InChI is InChI=1S/C6H3Cl2FN2O.C2H6/c7-4-2(6(10)12)1-3(9)5(8)11-4;1-2/h1H,(H2,10,12);1-2H3. The van der Waals surface area contributed by atoms with E-state index in [0.717, 1.165) is 6.07 Å². The Morgan fingerprint density at radius 3 is 2.36 bits per heavy atom. The number of halogens is 3. The van der Waals surface area contributed by atoms with Crippen molar-refractivity contribution < 1.29 is 9.18 Å². The van der Waals surface area contributed by atoms with E-state index < -0.39 is 11.7 Å². The van der Waals surface area contributed by atoms with Gasteiger partial charge in [-0.1, -0.05) is 37.0 Å². The number of hydrogen-bond acceptors (Lipinski definition) is 2. The molecule has 14 heavy (non-hydrogen) atoms. The van der Waals surface area contributed by atoms with Crippen molar-refractivity contribution in [2.45, 2.75) is 13.8 Å². The van der Waals surface area contributed by atoms with Crippen LogP contribution in [0.25, 0.3) is 0 Å². The Balaban J connectivity index is 0.000000791. The lowest BCUT2D eigenvalue weighted by Gasteiger charge is -1.99. The summed E-state index contributed by atoms with van der Waals surface area (Å²) < 4.78 is 12.7. The predicted molar refractivity (Wildman–Crippen MR) is 54.1 cm³/mol. The molecule has 0 aliphatic rings. The smallest absolute Gasteiger partial charge is 0.251 e. The minimum atomic E-state index is -0.844. The predicted octanol–water partition coefficient (Wildman–Crippen LogP) is 2.65. The molecule has 3 nitrogen and oxygen atoms in total. The normalized spacial score (nSPS) is 8.93. The first-order valence-corrected chi connectivity index (χ1v) is 4.59. The van der Waals surface area contributed by atoms with Gasteiger partial charge in [-0.3, -0.25) is 4.79 Å². The van der Waals surface area contributed by atoms with Crippen LogP contribution in [0.1, 0.15) is 24.2 Å². The van der Waals surface area contributed by atoms with Crippen molar-refractivity contribution in [3.05, 3.63) is 27.8 Å². The highest BCUT2D eigenvalue weighted by molar-refractivity contribution is 6.34.